The van der Waals surface area contributed by atoms with E-state index in [0.29, 0.717) is 12.5 Å². The normalized spacial score (nSPS) is 25.0. The van der Waals surface area contributed by atoms with E-state index in [1.807, 2.05) is 0 Å². The van der Waals surface area contributed by atoms with Crippen molar-refractivity contribution in [2.24, 2.45) is 4.99 Å². The lowest BCUT2D eigenvalue weighted by atomic mass is 10.3. The summed E-state index contributed by atoms with van der Waals surface area (Å²) in [6.07, 6.45) is -2.94. The van der Waals surface area contributed by atoms with Gasteiger partial charge in [-0.1, -0.05) is 0 Å². The summed E-state index contributed by atoms with van der Waals surface area (Å²) in [5, 5.41) is 14.3. The molecule has 0 fully saturated rings. The Bertz CT molecular complexity index is 198. The summed E-state index contributed by atoms with van der Waals surface area (Å²) in [5.74, 6) is 0.332. The van der Waals surface area contributed by atoms with Crippen LogP contribution in [-0.4, -0.2) is 42.7 Å². The molecule has 0 bridgehead atoms. The van der Waals surface area contributed by atoms with E-state index in [1.165, 1.54) is 6.92 Å². The van der Waals surface area contributed by atoms with Crippen molar-refractivity contribution in [2.75, 3.05) is 13.1 Å². The molecule has 76 valence electrons. The van der Waals surface area contributed by atoms with E-state index in [0.717, 1.165) is 0 Å². The van der Waals surface area contributed by atoms with E-state index in [9.17, 15) is 8.78 Å². The molecular weight excluding hydrogens is 180 g/mol. The summed E-state index contributed by atoms with van der Waals surface area (Å²) in [6, 6.07) is -0.929. The van der Waals surface area contributed by atoms with E-state index in [2.05, 4.69) is 15.6 Å². The molecule has 0 aromatic rings. The molecule has 6 heteroatoms. The van der Waals surface area contributed by atoms with Crippen molar-refractivity contribution in [3.63, 3.8) is 0 Å². The Morgan fingerprint density at radius 1 is 1.69 bits per heavy atom. The first-order valence-electron chi connectivity index (χ1n) is 4.10. The number of halogens is 2. The van der Waals surface area contributed by atoms with E-state index in [-0.39, 0.29) is 6.54 Å². The molecule has 1 heterocycles. The highest BCUT2D eigenvalue weighted by Gasteiger charge is 2.18. The second kappa shape index (κ2) is 4.36. The first-order chi connectivity index (χ1) is 6.09. The summed E-state index contributed by atoms with van der Waals surface area (Å²) in [6.45, 7) is 1.98. The number of β-amino-alcohol motifs (C(OH)–C–C–N with tert-alkyl or cyclic N) is 1. The highest BCUT2D eigenvalue weighted by atomic mass is 19.3. The second-order valence-corrected chi connectivity index (χ2v) is 2.99. The van der Waals surface area contributed by atoms with Gasteiger partial charge in [0.2, 0.25) is 0 Å². The number of hydrogen-bond donors (Lipinski definition) is 3. The van der Waals surface area contributed by atoms with Gasteiger partial charge in [-0.25, -0.2) is 8.78 Å². The summed E-state index contributed by atoms with van der Waals surface area (Å²) in [4.78, 5) is 3.84. The van der Waals surface area contributed by atoms with Gasteiger partial charge in [0.05, 0.1) is 18.7 Å². The Morgan fingerprint density at radius 3 is 2.85 bits per heavy atom. The lowest BCUT2D eigenvalue weighted by Crippen LogP contribution is -2.50. The molecule has 0 saturated heterocycles. The number of rotatable bonds is 2. The van der Waals surface area contributed by atoms with Gasteiger partial charge in [0.25, 0.3) is 6.43 Å². The molecule has 0 aliphatic carbocycles. The molecule has 13 heavy (non-hydrogen) atoms. The smallest absolute Gasteiger partial charge is 0.258 e. The third-order valence-corrected chi connectivity index (χ3v) is 1.71. The van der Waals surface area contributed by atoms with Crippen molar-refractivity contribution in [2.45, 2.75) is 25.5 Å². The van der Waals surface area contributed by atoms with Crippen LogP contribution in [0, 0.1) is 0 Å². The molecule has 3 N–H and O–H groups in total. The lowest BCUT2D eigenvalue weighted by molar-refractivity contribution is 0.113. The molecular formula is C7H13F2N3O. The standard InChI is InChI=1S/C7H13F2N3O/c1-4(6(8)9)12-7-10-2-5(13)3-11-7/h4-6,13H,2-3H2,1H3,(H2,10,11,12). The van der Waals surface area contributed by atoms with Crippen LogP contribution in [0.15, 0.2) is 4.99 Å². The fourth-order valence-electron chi connectivity index (χ4n) is 0.907. The molecule has 0 aromatic carbocycles. The molecule has 2 atom stereocenters. The van der Waals surface area contributed by atoms with Crippen molar-refractivity contribution in [3.05, 3.63) is 0 Å². The Labute approximate surface area is 75.0 Å². The quantitative estimate of drug-likeness (QED) is 0.556. The van der Waals surface area contributed by atoms with Crippen LogP contribution in [0.4, 0.5) is 8.78 Å². The summed E-state index contributed by atoms with van der Waals surface area (Å²) < 4.78 is 24.1. The minimum Gasteiger partial charge on any atom is -0.389 e. The minimum atomic E-state index is -2.42. The molecule has 0 radical (unpaired) electrons. The van der Waals surface area contributed by atoms with E-state index in [4.69, 9.17) is 5.11 Å². The zero-order valence-corrected chi connectivity index (χ0v) is 7.30. The Hall–Kier alpha value is -0.910. The molecule has 0 spiro atoms. The zero-order chi connectivity index (χ0) is 9.84. The largest absolute Gasteiger partial charge is 0.389 e. The molecule has 2 unspecified atom stereocenters. The minimum absolute atomic E-state index is 0.255. The van der Waals surface area contributed by atoms with Gasteiger partial charge in [0.15, 0.2) is 5.96 Å². The van der Waals surface area contributed by atoms with Crippen molar-refractivity contribution in [1.29, 1.82) is 0 Å². The number of hydrogen-bond acceptors (Lipinski definition) is 4. The van der Waals surface area contributed by atoms with Crippen LogP contribution in [0.1, 0.15) is 6.92 Å². The highest BCUT2D eigenvalue weighted by Crippen LogP contribution is 1.99. The van der Waals surface area contributed by atoms with Crippen LogP contribution in [0.25, 0.3) is 0 Å². The van der Waals surface area contributed by atoms with Crippen molar-refractivity contribution >= 4 is 5.96 Å². The van der Waals surface area contributed by atoms with Gasteiger partial charge >= 0.3 is 0 Å². The van der Waals surface area contributed by atoms with Gasteiger partial charge in [-0.2, -0.15) is 0 Å². The van der Waals surface area contributed by atoms with Gasteiger partial charge in [-0.05, 0) is 6.92 Å². The van der Waals surface area contributed by atoms with Crippen molar-refractivity contribution in [1.82, 2.24) is 10.6 Å². The number of aliphatic hydroxyl groups excluding tert-OH is 1. The van der Waals surface area contributed by atoms with Crippen molar-refractivity contribution < 1.29 is 13.9 Å². The highest BCUT2D eigenvalue weighted by molar-refractivity contribution is 5.80. The maximum atomic E-state index is 12.1. The lowest BCUT2D eigenvalue weighted by Gasteiger charge is -2.22. The predicted octanol–water partition coefficient (Wildman–Crippen LogP) is -0.450. The topological polar surface area (TPSA) is 56.7 Å². The van der Waals surface area contributed by atoms with Gasteiger partial charge in [0.1, 0.15) is 0 Å². The molecule has 0 saturated carbocycles. The first-order valence-corrected chi connectivity index (χ1v) is 4.10. The van der Waals surface area contributed by atoms with Crippen LogP contribution in [0.5, 0.6) is 0 Å². The van der Waals surface area contributed by atoms with Crippen LogP contribution in [0.3, 0.4) is 0 Å². The number of aliphatic imine (C=N–C) groups is 1. The number of nitrogens with one attached hydrogen (secondary N) is 2. The number of alkyl halides is 2. The third-order valence-electron chi connectivity index (χ3n) is 1.71. The summed E-state index contributed by atoms with van der Waals surface area (Å²) in [5.41, 5.74) is 0. The van der Waals surface area contributed by atoms with Crippen LogP contribution in [-0.2, 0) is 0 Å². The van der Waals surface area contributed by atoms with Crippen LogP contribution < -0.4 is 10.6 Å². The monoisotopic (exact) mass is 193 g/mol. The van der Waals surface area contributed by atoms with Crippen LogP contribution >= 0.6 is 0 Å². The van der Waals surface area contributed by atoms with E-state index in [1.54, 1.807) is 0 Å². The van der Waals surface area contributed by atoms with Crippen molar-refractivity contribution in [3.8, 4) is 0 Å². The van der Waals surface area contributed by atoms with E-state index < -0.39 is 18.6 Å². The SMILES string of the molecule is CC(NC1=NCC(O)CN1)C(F)F. The summed E-state index contributed by atoms with van der Waals surface area (Å²) >= 11 is 0. The fourth-order valence-corrected chi connectivity index (χ4v) is 0.907. The Balaban J connectivity index is 2.37. The van der Waals surface area contributed by atoms with Gasteiger partial charge in [0, 0.05) is 6.54 Å². The first kappa shape index (κ1) is 10.2. The van der Waals surface area contributed by atoms with Gasteiger partial charge in [-0.15, -0.1) is 0 Å². The maximum Gasteiger partial charge on any atom is 0.258 e. The average molecular weight is 193 g/mol. The molecule has 1 rings (SSSR count). The molecule has 1 aliphatic heterocycles. The maximum absolute atomic E-state index is 12.1. The zero-order valence-electron chi connectivity index (χ0n) is 7.30. The molecule has 0 aromatic heterocycles. The third kappa shape index (κ3) is 3.14. The summed E-state index contributed by atoms with van der Waals surface area (Å²) in [7, 11) is 0. The number of aliphatic hydroxyl groups is 1. The average Bonchev–Trinajstić information content (AvgIpc) is 2.08. The predicted molar refractivity (Wildman–Crippen MR) is 44.9 cm³/mol. The van der Waals surface area contributed by atoms with E-state index >= 15 is 0 Å². The molecule has 1 aliphatic rings. The number of nitrogens with zero attached hydrogens (tertiary/aromatic N) is 1. The fraction of sp³-hybridized carbons (Fsp3) is 0.857. The second-order valence-electron chi connectivity index (χ2n) is 2.99. The Morgan fingerprint density at radius 2 is 2.38 bits per heavy atom. The molecule has 4 nitrogen and oxygen atoms in total. The number of guanidine groups is 1. The van der Waals surface area contributed by atoms with Crippen LogP contribution in [0.2, 0.25) is 0 Å². The van der Waals surface area contributed by atoms with Gasteiger partial charge in [-0.3, -0.25) is 4.99 Å². The molecule has 0 amide bonds. The van der Waals surface area contributed by atoms with Gasteiger partial charge < -0.3 is 15.7 Å². The Kier molecular flexibility index (Phi) is 3.41.